The first kappa shape index (κ1) is 54.5. The van der Waals surface area contributed by atoms with Gasteiger partial charge in [0.05, 0.1) is 52.9 Å². The summed E-state index contributed by atoms with van der Waals surface area (Å²) in [4.78, 5) is 42.8. The molecule has 24 heteroatoms. The second-order valence-corrected chi connectivity index (χ2v) is 16.3. The number of hydrogen-bond acceptors (Lipinski definition) is 18. The number of rotatable bonds is 12. The van der Waals surface area contributed by atoms with Gasteiger partial charge in [-0.25, -0.2) is 0 Å². The first-order chi connectivity index (χ1) is 27.5. The van der Waals surface area contributed by atoms with Crippen LogP contribution in [0.15, 0.2) is 0 Å². The average Bonchev–Trinajstić information content (AvgIpc) is 3.58. The van der Waals surface area contributed by atoms with Crippen LogP contribution in [0, 0.1) is 11.8 Å². The summed E-state index contributed by atoms with van der Waals surface area (Å²) in [6.45, 7) is 10.1. The van der Waals surface area contributed by atoms with Gasteiger partial charge in [-0.3, -0.25) is 19.2 Å². The van der Waals surface area contributed by atoms with Gasteiger partial charge in [0.2, 0.25) is 5.79 Å². The third kappa shape index (κ3) is 13.7. The number of carbonyl (C=O) groups is 4. The van der Waals surface area contributed by atoms with Crippen molar-refractivity contribution in [2.45, 2.75) is 151 Å². The van der Waals surface area contributed by atoms with Crippen LogP contribution in [0.5, 0.6) is 0 Å². The van der Waals surface area contributed by atoms with E-state index in [1.807, 2.05) is 13.8 Å². The SMILES string of the molecule is CC(=O)OC(C)=O.CC[C@H]1O[C@H](O[C@]2(CCl)O[C@H](CCl)[C@@H](OC(C)=O)[C@@H]2C)[C@H](OC(C)=O)[C@@H](C)[C@H]1Cl.OC[C@H]1O[C@H](O[C@]2(CCl)O[C@H](CCl)[C@@H](O)[C@@H]2O)[C@H](O)[C@@H](O)[C@H]1Cl. The summed E-state index contributed by atoms with van der Waals surface area (Å²) >= 11 is 36.1. The van der Waals surface area contributed by atoms with E-state index in [-0.39, 0.29) is 35.0 Å². The zero-order chi connectivity index (χ0) is 45.2. The second kappa shape index (κ2) is 24.4. The van der Waals surface area contributed by atoms with E-state index in [0.717, 1.165) is 0 Å². The highest BCUT2D eigenvalue weighted by Gasteiger charge is 2.60. The van der Waals surface area contributed by atoms with Gasteiger partial charge in [0.15, 0.2) is 24.5 Å². The molecule has 0 aromatic rings. The van der Waals surface area contributed by atoms with Crippen LogP contribution in [-0.2, 0) is 61.8 Å². The van der Waals surface area contributed by atoms with Crippen LogP contribution >= 0.6 is 69.6 Å². The Morgan fingerprint density at radius 2 is 1.12 bits per heavy atom. The number of hydrogen-bond donors (Lipinski definition) is 5. The monoisotopic (exact) mass is 972 g/mol. The molecule has 4 heterocycles. The molecule has 0 aromatic carbocycles. The topological polar surface area (TPSA) is 252 Å². The zero-order valence-electron chi connectivity index (χ0n) is 33.3. The number of aliphatic hydroxyl groups excluding tert-OH is 5. The average molecular weight is 976 g/mol. The Morgan fingerprint density at radius 1 is 0.627 bits per heavy atom. The Morgan fingerprint density at radius 3 is 1.54 bits per heavy atom. The summed E-state index contributed by atoms with van der Waals surface area (Å²) in [7, 11) is 0. The van der Waals surface area contributed by atoms with Crippen molar-refractivity contribution in [3.63, 3.8) is 0 Å². The van der Waals surface area contributed by atoms with Crippen LogP contribution in [0.2, 0.25) is 0 Å². The van der Waals surface area contributed by atoms with E-state index in [0.29, 0.717) is 6.42 Å². The molecule has 0 bridgehead atoms. The molecule has 0 aliphatic carbocycles. The van der Waals surface area contributed by atoms with E-state index in [4.69, 9.17) is 108 Å². The maximum atomic E-state index is 11.7. The third-order valence-electron chi connectivity index (χ3n) is 9.76. The van der Waals surface area contributed by atoms with Gasteiger partial charge in [0.1, 0.15) is 48.8 Å². The fourth-order valence-electron chi connectivity index (χ4n) is 6.63. The van der Waals surface area contributed by atoms with Crippen molar-refractivity contribution in [1.82, 2.24) is 0 Å². The van der Waals surface area contributed by atoms with Crippen molar-refractivity contribution >= 4 is 93.5 Å². The normalized spacial score (nSPS) is 41.7. The molecule has 18 nitrogen and oxygen atoms in total. The van der Waals surface area contributed by atoms with Gasteiger partial charge >= 0.3 is 23.9 Å². The van der Waals surface area contributed by atoms with Gasteiger partial charge in [-0.05, 0) is 6.42 Å². The van der Waals surface area contributed by atoms with E-state index in [1.54, 1.807) is 6.92 Å². The second-order valence-electron chi connectivity index (χ2n) is 14.1. The molecule has 0 spiro atoms. The van der Waals surface area contributed by atoms with Crippen molar-refractivity contribution in [2.75, 3.05) is 30.1 Å². The lowest BCUT2D eigenvalue weighted by atomic mass is 9.91. The van der Waals surface area contributed by atoms with Crippen LogP contribution in [0.4, 0.5) is 0 Å². The summed E-state index contributed by atoms with van der Waals surface area (Å²) in [6, 6.07) is 0. The number of alkyl halides is 6. The van der Waals surface area contributed by atoms with Crippen molar-refractivity contribution in [1.29, 1.82) is 0 Å². The smallest absolute Gasteiger partial charge is 0.310 e. The summed E-state index contributed by atoms with van der Waals surface area (Å²) < 4.78 is 49.3. The molecule has 4 saturated heterocycles. The minimum Gasteiger partial charge on any atom is -0.459 e. The first-order valence-corrected chi connectivity index (χ1v) is 21.5. The highest BCUT2D eigenvalue weighted by Crippen LogP contribution is 2.44. The van der Waals surface area contributed by atoms with Crippen LogP contribution in [0.3, 0.4) is 0 Å². The summed E-state index contributed by atoms with van der Waals surface area (Å²) in [6.07, 6.45) is -12.0. The van der Waals surface area contributed by atoms with Crippen molar-refractivity contribution in [2.24, 2.45) is 11.8 Å². The molecule has 4 aliphatic heterocycles. The van der Waals surface area contributed by atoms with Gasteiger partial charge in [-0.2, -0.15) is 0 Å². The van der Waals surface area contributed by atoms with Gasteiger partial charge in [-0.15, -0.1) is 69.6 Å². The van der Waals surface area contributed by atoms with Crippen molar-refractivity contribution < 1.29 is 87.3 Å². The fraction of sp³-hybridized carbons (Fsp3) is 0.886. The molecule has 18 atom stereocenters. The van der Waals surface area contributed by atoms with Crippen molar-refractivity contribution in [3.8, 4) is 0 Å². The van der Waals surface area contributed by atoms with Crippen LogP contribution in [-0.4, -0.2) is 175 Å². The minimum atomic E-state index is -1.90. The molecule has 0 amide bonds. The Bertz CT molecular complexity index is 1360. The molecule has 344 valence electrons. The lowest BCUT2D eigenvalue weighted by Gasteiger charge is -2.45. The van der Waals surface area contributed by atoms with Gasteiger partial charge in [0, 0.05) is 33.6 Å². The lowest BCUT2D eigenvalue weighted by Crippen LogP contribution is -2.61. The molecular weight excluding hydrogens is 921 g/mol. The molecule has 4 aliphatic rings. The van der Waals surface area contributed by atoms with Crippen LogP contribution in [0.1, 0.15) is 54.9 Å². The molecule has 5 N–H and O–H groups in total. The molecule has 0 unspecified atom stereocenters. The summed E-state index contributed by atoms with van der Waals surface area (Å²) in [5, 5.41) is 47.8. The van der Waals surface area contributed by atoms with E-state index < -0.39 is 127 Å². The molecule has 0 radical (unpaired) electrons. The first-order valence-electron chi connectivity index (χ1n) is 18.4. The number of halogens is 6. The summed E-state index contributed by atoms with van der Waals surface area (Å²) in [5.41, 5.74) is 0. The molecule has 4 rings (SSSR count). The van der Waals surface area contributed by atoms with E-state index >= 15 is 0 Å². The Kier molecular flexibility index (Phi) is 22.6. The van der Waals surface area contributed by atoms with Crippen molar-refractivity contribution in [3.05, 3.63) is 0 Å². The van der Waals surface area contributed by atoms with Crippen LogP contribution in [0.25, 0.3) is 0 Å². The Balaban J connectivity index is 0.000000356. The number of ether oxygens (including phenoxy) is 9. The third-order valence-corrected chi connectivity index (χ3v) is 12.3. The standard InChI is InChI=1S/C19H29Cl3O7.C12H19Cl3O8.C4H6O3/c1-6-13-15(22)9(2)16(25-11(4)23)18(27-13)29-19(8-21)10(3)17(26-12(5)24)14(7-20)28-19;13-1-4-7(17)10(20)12(3-14,22-4)23-11-9(19)8(18)6(15)5(2-16)21-11;1-3(5)7-4(2)6/h9-10,13-18H,6-8H2,1-5H3;4-11,16-20H,1-3H2;1-2H3/t9-,10-,13+,14+,15+,16+,17-,18+,19-;4-,5-,6+,7-,8+,9-,10+,11-,12+;/m01./s1. The number of carbonyl (C=O) groups excluding carboxylic acids is 4. The van der Waals surface area contributed by atoms with E-state index in [2.05, 4.69) is 4.74 Å². The largest absolute Gasteiger partial charge is 0.459 e. The quantitative estimate of drug-likeness (QED) is 0.0811. The lowest BCUT2D eigenvalue weighted by molar-refractivity contribution is -0.357. The van der Waals surface area contributed by atoms with Gasteiger partial charge in [0.25, 0.3) is 0 Å². The summed E-state index contributed by atoms with van der Waals surface area (Å²) in [5.74, 6) is -6.50. The molecule has 0 aromatic heterocycles. The molecule has 59 heavy (non-hydrogen) atoms. The molecule has 4 fully saturated rings. The predicted octanol–water partition coefficient (Wildman–Crippen LogP) is 1.89. The zero-order valence-corrected chi connectivity index (χ0v) is 37.8. The maximum absolute atomic E-state index is 11.7. The van der Waals surface area contributed by atoms with Crippen LogP contribution < -0.4 is 0 Å². The van der Waals surface area contributed by atoms with Gasteiger partial charge < -0.3 is 68.2 Å². The molecular formula is C35H54Cl6O18. The highest BCUT2D eigenvalue weighted by molar-refractivity contribution is 6.22. The van der Waals surface area contributed by atoms with E-state index in [9.17, 15) is 44.7 Å². The number of aliphatic hydroxyl groups is 5. The highest BCUT2D eigenvalue weighted by atomic mass is 35.5. The van der Waals surface area contributed by atoms with Gasteiger partial charge in [-0.1, -0.05) is 20.8 Å². The number of esters is 4. The fourth-order valence-corrected chi connectivity index (χ4v) is 8.44. The Labute approximate surface area is 372 Å². The minimum absolute atomic E-state index is 0.0680. The Hall–Kier alpha value is -0.620. The maximum Gasteiger partial charge on any atom is 0.310 e. The molecule has 0 saturated carbocycles. The van der Waals surface area contributed by atoms with E-state index in [1.165, 1.54) is 27.7 Å². The predicted molar refractivity (Wildman–Crippen MR) is 210 cm³/mol.